The van der Waals surface area contributed by atoms with E-state index in [0.29, 0.717) is 18.4 Å². The Morgan fingerprint density at radius 2 is 2.47 bits per heavy atom. The van der Waals surface area contributed by atoms with E-state index in [1.165, 1.54) is 0 Å². The lowest BCUT2D eigenvalue weighted by molar-refractivity contribution is -0.118. The molecule has 1 aromatic heterocycles. The van der Waals surface area contributed by atoms with Gasteiger partial charge in [-0.2, -0.15) is 4.98 Å². The van der Waals surface area contributed by atoms with Gasteiger partial charge in [0, 0.05) is 12.3 Å². The second-order valence-electron chi connectivity index (χ2n) is 2.92. The van der Waals surface area contributed by atoms with E-state index in [0.717, 1.165) is 0 Å². The number of amides is 1. The van der Waals surface area contributed by atoms with Crippen LogP contribution in [0.25, 0.3) is 0 Å². The summed E-state index contributed by atoms with van der Waals surface area (Å²) in [4.78, 5) is 18.8. The second kappa shape index (κ2) is 5.14. The summed E-state index contributed by atoms with van der Waals surface area (Å²) in [5.74, 6) is 0.333. The SMILES string of the molecule is CCOc1ccnc(NC(C)C(N)=O)n1. The number of nitrogens with two attached hydrogens (primary N) is 1. The number of primary amides is 1. The molecule has 15 heavy (non-hydrogen) atoms. The fourth-order valence-electron chi connectivity index (χ4n) is 0.905. The monoisotopic (exact) mass is 210 g/mol. The van der Waals surface area contributed by atoms with E-state index in [4.69, 9.17) is 10.5 Å². The minimum absolute atomic E-state index is 0.326. The van der Waals surface area contributed by atoms with Gasteiger partial charge in [-0.05, 0) is 13.8 Å². The fourth-order valence-corrected chi connectivity index (χ4v) is 0.905. The minimum Gasteiger partial charge on any atom is -0.478 e. The van der Waals surface area contributed by atoms with Gasteiger partial charge in [-0.25, -0.2) is 4.98 Å². The van der Waals surface area contributed by atoms with Crippen molar-refractivity contribution in [1.82, 2.24) is 9.97 Å². The average molecular weight is 210 g/mol. The molecule has 1 amide bonds. The molecule has 0 bridgehead atoms. The lowest BCUT2D eigenvalue weighted by Gasteiger charge is -2.10. The van der Waals surface area contributed by atoms with Gasteiger partial charge < -0.3 is 15.8 Å². The van der Waals surface area contributed by atoms with Crippen LogP contribution in [-0.4, -0.2) is 28.5 Å². The van der Waals surface area contributed by atoms with E-state index in [1.807, 2.05) is 6.92 Å². The standard InChI is InChI=1S/C9H14N4O2/c1-3-15-7-4-5-11-9(13-7)12-6(2)8(10)14/h4-6H,3H2,1-2H3,(H2,10,14)(H,11,12,13). The predicted molar refractivity (Wildman–Crippen MR) is 55.5 cm³/mol. The first-order valence-corrected chi connectivity index (χ1v) is 4.65. The Hall–Kier alpha value is -1.85. The molecule has 0 aliphatic rings. The molecule has 0 saturated heterocycles. The molecule has 1 unspecified atom stereocenters. The highest BCUT2D eigenvalue weighted by Gasteiger charge is 2.09. The van der Waals surface area contributed by atoms with Crippen molar-refractivity contribution in [3.8, 4) is 5.88 Å². The quantitative estimate of drug-likeness (QED) is 0.722. The molecule has 0 aliphatic heterocycles. The molecule has 1 heterocycles. The number of anilines is 1. The number of aromatic nitrogens is 2. The van der Waals surface area contributed by atoms with Crippen LogP contribution < -0.4 is 15.8 Å². The molecule has 6 heteroatoms. The van der Waals surface area contributed by atoms with Crippen molar-refractivity contribution in [2.75, 3.05) is 11.9 Å². The summed E-state index contributed by atoms with van der Waals surface area (Å²) in [6.45, 7) is 4.03. The van der Waals surface area contributed by atoms with Gasteiger partial charge in [0.15, 0.2) is 0 Å². The average Bonchev–Trinajstić information content (AvgIpc) is 2.18. The molecule has 0 aliphatic carbocycles. The van der Waals surface area contributed by atoms with E-state index in [2.05, 4.69) is 15.3 Å². The lowest BCUT2D eigenvalue weighted by Crippen LogP contribution is -2.33. The van der Waals surface area contributed by atoms with E-state index in [-0.39, 0.29) is 0 Å². The Morgan fingerprint density at radius 3 is 3.07 bits per heavy atom. The van der Waals surface area contributed by atoms with E-state index < -0.39 is 11.9 Å². The molecule has 82 valence electrons. The maximum Gasteiger partial charge on any atom is 0.239 e. The van der Waals surface area contributed by atoms with Crippen molar-refractivity contribution >= 4 is 11.9 Å². The van der Waals surface area contributed by atoms with Gasteiger partial charge in [0.1, 0.15) is 6.04 Å². The van der Waals surface area contributed by atoms with Crippen LogP contribution >= 0.6 is 0 Å². The lowest BCUT2D eigenvalue weighted by atomic mass is 10.3. The summed E-state index contributed by atoms with van der Waals surface area (Å²) >= 11 is 0. The van der Waals surface area contributed by atoms with E-state index >= 15 is 0 Å². The highest BCUT2D eigenvalue weighted by molar-refractivity contribution is 5.81. The summed E-state index contributed by atoms with van der Waals surface area (Å²) in [7, 11) is 0. The Balaban J connectivity index is 2.68. The number of nitrogens with zero attached hydrogens (tertiary/aromatic N) is 2. The number of nitrogens with one attached hydrogen (secondary N) is 1. The summed E-state index contributed by atoms with van der Waals surface area (Å²) in [5, 5.41) is 2.76. The first-order chi connectivity index (χ1) is 7.13. The van der Waals surface area contributed by atoms with Crippen LogP contribution in [0, 0.1) is 0 Å². The van der Waals surface area contributed by atoms with Crippen LogP contribution in [0.4, 0.5) is 5.95 Å². The zero-order chi connectivity index (χ0) is 11.3. The maximum absolute atomic E-state index is 10.8. The van der Waals surface area contributed by atoms with Crippen LogP contribution in [0.15, 0.2) is 12.3 Å². The fraction of sp³-hybridized carbons (Fsp3) is 0.444. The predicted octanol–water partition coefficient (Wildman–Crippen LogP) is 0.161. The molecular weight excluding hydrogens is 196 g/mol. The number of carbonyl (C=O) groups excluding carboxylic acids is 1. The molecule has 1 rings (SSSR count). The summed E-state index contributed by atoms with van der Waals surface area (Å²) in [5.41, 5.74) is 5.09. The smallest absolute Gasteiger partial charge is 0.239 e. The number of ether oxygens (including phenoxy) is 1. The van der Waals surface area contributed by atoms with Gasteiger partial charge >= 0.3 is 0 Å². The number of hydrogen-bond donors (Lipinski definition) is 2. The van der Waals surface area contributed by atoms with E-state index in [9.17, 15) is 4.79 Å². The third-order valence-electron chi connectivity index (χ3n) is 1.69. The van der Waals surface area contributed by atoms with Crippen molar-refractivity contribution in [1.29, 1.82) is 0 Å². The largest absolute Gasteiger partial charge is 0.478 e. The third-order valence-corrected chi connectivity index (χ3v) is 1.69. The first kappa shape index (κ1) is 11.2. The molecule has 1 aromatic rings. The summed E-state index contributed by atoms with van der Waals surface area (Å²) in [6.07, 6.45) is 1.55. The van der Waals surface area contributed by atoms with Crippen LogP contribution in [0.2, 0.25) is 0 Å². The summed E-state index contributed by atoms with van der Waals surface area (Å²) < 4.78 is 5.18. The molecule has 3 N–H and O–H groups in total. The number of hydrogen-bond acceptors (Lipinski definition) is 5. The van der Waals surface area contributed by atoms with Crippen molar-refractivity contribution in [2.45, 2.75) is 19.9 Å². The van der Waals surface area contributed by atoms with Crippen molar-refractivity contribution in [3.05, 3.63) is 12.3 Å². The van der Waals surface area contributed by atoms with Gasteiger partial charge in [0.2, 0.25) is 17.7 Å². The van der Waals surface area contributed by atoms with Crippen LogP contribution in [0.1, 0.15) is 13.8 Å². The highest BCUT2D eigenvalue weighted by atomic mass is 16.5. The molecule has 1 atom stereocenters. The van der Waals surface area contributed by atoms with Gasteiger partial charge in [0.05, 0.1) is 6.61 Å². The highest BCUT2D eigenvalue weighted by Crippen LogP contribution is 2.08. The molecule has 0 saturated carbocycles. The Bertz CT molecular complexity index is 343. The molecular formula is C9H14N4O2. The van der Waals surface area contributed by atoms with Gasteiger partial charge in [0.25, 0.3) is 0 Å². The maximum atomic E-state index is 10.8. The summed E-state index contributed by atoms with van der Waals surface area (Å²) in [6, 6.07) is 1.13. The second-order valence-corrected chi connectivity index (χ2v) is 2.92. The molecule has 0 fully saturated rings. The third kappa shape index (κ3) is 3.41. The molecule has 0 radical (unpaired) electrons. The Kier molecular flexibility index (Phi) is 3.84. The zero-order valence-corrected chi connectivity index (χ0v) is 8.73. The Labute approximate surface area is 87.9 Å². The van der Waals surface area contributed by atoms with Gasteiger partial charge in [-0.15, -0.1) is 0 Å². The molecule has 0 aromatic carbocycles. The first-order valence-electron chi connectivity index (χ1n) is 4.65. The van der Waals surface area contributed by atoms with Crippen LogP contribution in [-0.2, 0) is 4.79 Å². The van der Waals surface area contributed by atoms with Crippen molar-refractivity contribution in [3.63, 3.8) is 0 Å². The van der Waals surface area contributed by atoms with Crippen molar-refractivity contribution in [2.24, 2.45) is 5.73 Å². The van der Waals surface area contributed by atoms with Crippen LogP contribution in [0.5, 0.6) is 5.88 Å². The minimum atomic E-state index is -0.512. The molecule has 0 spiro atoms. The van der Waals surface area contributed by atoms with Gasteiger partial charge in [-0.3, -0.25) is 4.79 Å². The Morgan fingerprint density at radius 1 is 1.73 bits per heavy atom. The topological polar surface area (TPSA) is 90.1 Å². The van der Waals surface area contributed by atoms with Crippen molar-refractivity contribution < 1.29 is 9.53 Å². The number of carbonyl (C=O) groups is 1. The zero-order valence-electron chi connectivity index (χ0n) is 8.73. The molecule has 6 nitrogen and oxygen atoms in total. The van der Waals surface area contributed by atoms with E-state index in [1.54, 1.807) is 19.2 Å². The van der Waals surface area contributed by atoms with Crippen LogP contribution in [0.3, 0.4) is 0 Å². The normalized spacial score (nSPS) is 11.9. The van der Waals surface area contributed by atoms with Gasteiger partial charge in [-0.1, -0.05) is 0 Å². The number of rotatable bonds is 5.